The predicted octanol–water partition coefficient (Wildman–Crippen LogP) is 3.52. The molecule has 0 heterocycles. The molecule has 1 fully saturated rings. The first kappa shape index (κ1) is 16.0. The van der Waals surface area contributed by atoms with E-state index in [1.165, 1.54) is 58.2 Å². The molecule has 2 nitrogen and oxygen atoms in total. The Kier molecular flexibility index (Phi) is 7.25. The molecule has 0 radical (unpaired) electrons. The first-order valence-electron chi connectivity index (χ1n) is 7.99. The van der Waals surface area contributed by atoms with Gasteiger partial charge in [-0.05, 0) is 50.6 Å². The summed E-state index contributed by atoms with van der Waals surface area (Å²) in [6.07, 6.45) is 8.25. The summed E-state index contributed by atoms with van der Waals surface area (Å²) < 4.78 is 0. The van der Waals surface area contributed by atoms with Crippen LogP contribution in [0.15, 0.2) is 0 Å². The molecule has 1 saturated carbocycles. The Morgan fingerprint density at radius 1 is 1.22 bits per heavy atom. The minimum absolute atomic E-state index is 0.447. The summed E-state index contributed by atoms with van der Waals surface area (Å²) in [5.41, 5.74) is 0.447. The van der Waals surface area contributed by atoms with Gasteiger partial charge in [0.1, 0.15) is 0 Å². The Morgan fingerprint density at radius 3 is 2.44 bits per heavy atom. The molecule has 1 N–H and O–H groups in total. The standard InChI is InChI=1S/C16H34N2/c1-5-10-16(3,13-17-11-6-2)14-18(4)12-15-8-7-9-15/h15,17H,5-14H2,1-4H3. The van der Waals surface area contributed by atoms with Crippen LogP contribution in [-0.2, 0) is 0 Å². The Labute approximate surface area is 115 Å². The van der Waals surface area contributed by atoms with Crippen molar-refractivity contribution in [1.29, 1.82) is 0 Å². The zero-order chi connectivity index (χ0) is 13.4. The van der Waals surface area contributed by atoms with Crippen molar-refractivity contribution in [3.63, 3.8) is 0 Å². The fourth-order valence-electron chi connectivity index (χ4n) is 3.23. The van der Waals surface area contributed by atoms with E-state index in [9.17, 15) is 0 Å². The lowest BCUT2D eigenvalue weighted by molar-refractivity contribution is 0.134. The highest BCUT2D eigenvalue weighted by Crippen LogP contribution is 2.29. The second-order valence-corrected chi connectivity index (χ2v) is 6.73. The normalized spacial score (nSPS) is 19.8. The van der Waals surface area contributed by atoms with Gasteiger partial charge in [-0.15, -0.1) is 0 Å². The highest BCUT2D eigenvalue weighted by atomic mass is 15.1. The van der Waals surface area contributed by atoms with Crippen LogP contribution in [0.4, 0.5) is 0 Å². The summed E-state index contributed by atoms with van der Waals surface area (Å²) >= 11 is 0. The van der Waals surface area contributed by atoms with Crippen molar-refractivity contribution in [1.82, 2.24) is 10.2 Å². The van der Waals surface area contributed by atoms with E-state index in [0.717, 1.165) is 12.5 Å². The van der Waals surface area contributed by atoms with Gasteiger partial charge >= 0.3 is 0 Å². The van der Waals surface area contributed by atoms with Crippen LogP contribution in [0, 0.1) is 11.3 Å². The number of hydrogen-bond donors (Lipinski definition) is 1. The lowest BCUT2D eigenvalue weighted by Crippen LogP contribution is -2.43. The number of nitrogens with one attached hydrogen (secondary N) is 1. The van der Waals surface area contributed by atoms with Gasteiger partial charge in [0.2, 0.25) is 0 Å². The van der Waals surface area contributed by atoms with E-state index in [0.29, 0.717) is 5.41 Å². The fourth-order valence-corrected chi connectivity index (χ4v) is 3.23. The van der Waals surface area contributed by atoms with Crippen LogP contribution in [-0.4, -0.2) is 38.1 Å². The monoisotopic (exact) mass is 254 g/mol. The molecule has 1 atom stereocenters. The molecule has 0 saturated heterocycles. The van der Waals surface area contributed by atoms with Crippen molar-refractivity contribution in [2.24, 2.45) is 11.3 Å². The van der Waals surface area contributed by atoms with Crippen molar-refractivity contribution < 1.29 is 0 Å². The summed E-state index contributed by atoms with van der Waals surface area (Å²) in [5.74, 6) is 0.990. The molecule has 1 unspecified atom stereocenters. The van der Waals surface area contributed by atoms with E-state index >= 15 is 0 Å². The highest BCUT2D eigenvalue weighted by molar-refractivity contribution is 4.81. The molecule has 0 amide bonds. The van der Waals surface area contributed by atoms with Gasteiger partial charge in [0.15, 0.2) is 0 Å². The maximum absolute atomic E-state index is 3.62. The van der Waals surface area contributed by atoms with E-state index in [1.807, 2.05) is 0 Å². The Balaban J connectivity index is 2.33. The molecule has 0 spiro atoms. The lowest BCUT2D eigenvalue weighted by atomic mass is 9.82. The zero-order valence-electron chi connectivity index (χ0n) is 13.1. The van der Waals surface area contributed by atoms with Crippen molar-refractivity contribution in [3.05, 3.63) is 0 Å². The molecule has 0 bridgehead atoms. The van der Waals surface area contributed by atoms with E-state index in [-0.39, 0.29) is 0 Å². The summed E-state index contributed by atoms with van der Waals surface area (Å²) in [4.78, 5) is 2.58. The van der Waals surface area contributed by atoms with Crippen molar-refractivity contribution >= 4 is 0 Å². The molecular weight excluding hydrogens is 220 g/mol. The third kappa shape index (κ3) is 5.71. The molecule has 0 aromatic carbocycles. The van der Waals surface area contributed by atoms with E-state index in [4.69, 9.17) is 0 Å². The van der Waals surface area contributed by atoms with Crippen LogP contribution in [0.3, 0.4) is 0 Å². The molecule has 1 aliphatic carbocycles. The summed E-state index contributed by atoms with van der Waals surface area (Å²) in [6.45, 7) is 11.9. The second kappa shape index (κ2) is 8.16. The van der Waals surface area contributed by atoms with Gasteiger partial charge in [0.25, 0.3) is 0 Å². The second-order valence-electron chi connectivity index (χ2n) is 6.73. The first-order valence-corrected chi connectivity index (χ1v) is 7.99. The highest BCUT2D eigenvalue weighted by Gasteiger charge is 2.27. The zero-order valence-corrected chi connectivity index (χ0v) is 13.1. The van der Waals surface area contributed by atoms with Gasteiger partial charge in [-0.25, -0.2) is 0 Å². The average molecular weight is 254 g/mol. The Bertz CT molecular complexity index is 213. The molecule has 0 aromatic rings. The summed E-state index contributed by atoms with van der Waals surface area (Å²) in [7, 11) is 2.31. The largest absolute Gasteiger partial charge is 0.316 e. The van der Waals surface area contributed by atoms with E-state index < -0.39 is 0 Å². The molecule has 2 heteroatoms. The molecule has 18 heavy (non-hydrogen) atoms. The van der Waals surface area contributed by atoms with Gasteiger partial charge in [0, 0.05) is 19.6 Å². The minimum Gasteiger partial charge on any atom is -0.316 e. The molecule has 0 aliphatic heterocycles. The number of nitrogens with zero attached hydrogens (tertiary/aromatic N) is 1. The van der Waals surface area contributed by atoms with Crippen LogP contribution < -0.4 is 5.32 Å². The van der Waals surface area contributed by atoms with Crippen LogP contribution >= 0.6 is 0 Å². The number of hydrogen-bond acceptors (Lipinski definition) is 2. The molecule has 0 aromatic heterocycles. The quantitative estimate of drug-likeness (QED) is 0.600. The van der Waals surface area contributed by atoms with E-state index in [1.54, 1.807) is 0 Å². The minimum atomic E-state index is 0.447. The first-order chi connectivity index (χ1) is 8.59. The van der Waals surface area contributed by atoms with Gasteiger partial charge in [-0.2, -0.15) is 0 Å². The topological polar surface area (TPSA) is 15.3 Å². The van der Waals surface area contributed by atoms with Crippen molar-refractivity contribution in [2.75, 3.05) is 33.2 Å². The Morgan fingerprint density at radius 2 is 1.94 bits per heavy atom. The average Bonchev–Trinajstić information content (AvgIpc) is 2.24. The molecule has 1 aliphatic rings. The van der Waals surface area contributed by atoms with Gasteiger partial charge in [-0.3, -0.25) is 0 Å². The van der Waals surface area contributed by atoms with Gasteiger partial charge in [-0.1, -0.05) is 33.6 Å². The number of rotatable bonds is 10. The Hall–Kier alpha value is -0.0800. The third-order valence-corrected chi connectivity index (χ3v) is 4.28. The van der Waals surface area contributed by atoms with Crippen LogP contribution in [0.2, 0.25) is 0 Å². The maximum Gasteiger partial charge on any atom is 0.00445 e. The van der Waals surface area contributed by atoms with Crippen molar-refractivity contribution in [3.8, 4) is 0 Å². The van der Waals surface area contributed by atoms with Crippen LogP contribution in [0.25, 0.3) is 0 Å². The molecule has 1 rings (SSSR count). The van der Waals surface area contributed by atoms with Crippen molar-refractivity contribution in [2.45, 2.75) is 59.3 Å². The maximum atomic E-state index is 3.62. The van der Waals surface area contributed by atoms with Gasteiger partial charge in [0.05, 0.1) is 0 Å². The van der Waals surface area contributed by atoms with Gasteiger partial charge < -0.3 is 10.2 Å². The summed E-state index contributed by atoms with van der Waals surface area (Å²) in [5, 5.41) is 3.62. The SMILES string of the molecule is CCCNCC(C)(CCC)CN(C)CC1CCC1. The van der Waals surface area contributed by atoms with Crippen LogP contribution in [0.1, 0.15) is 59.3 Å². The smallest absolute Gasteiger partial charge is 0.00445 e. The lowest BCUT2D eigenvalue weighted by Gasteiger charge is -2.37. The van der Waals surface area contributed by atoms with E-state index in [2.05, 4.69) is 38.0 Å². The fraction of sp³-hybridized carbons (Fsp3) is 1.00. The molecular formula is C16H34N2. The summed E-state index contributed by atoms with van der Waals surface area (Å²) in [6, 6.07) is 0. The van der Waals surface area contributed by atoms with Crippen LogP contribution in [0.5, 0.6) is 0 Å². The predicted molar refractivity (Wildman–Crippen MR) is 81.0 cm³/mol. The molecule has 108 valence electrons. The third-order valence-electron chi connectivity index (χ3n) is 4.28.